The minimum absolute atomic E-state index is 0.602. The molecule has 5 heavy (non-hydrogen) atoms. The van der Waals surface area contributed by atoms with E-state index in [-0.39, 0.29) is 0 Å². The molecule has 0 heterocycles. The van der Waals surface area contributed by atoms with E-state index >= 15 is 0 Å². The van der Waals surface area contributed by atoms with E-state index in [1.807, 2.05) is 0 Å². The van der Waals surface area contributed by atoms with E-state index in [0.29, 0.717) is 0 Å². The van der Waals surface area contributed by atoms with E-state index in [1.165, 1.54) is 6.08 Å². The maximum absolute atomic E-state index is 9.78. The Hall–Kier alpha value is -0.300. The van der Waals surface area contributed by atoms with Crippen molar-refractivity contribution in [3.05, 3.63) is 12.7 Å². The summed E-state index contributed by atoms with van der Waals surface area (Å²) in [7, 11) is 0. The van der Waals surface area contributed by atoms with Crippen molar-refractivity contribution < 1.29 is 5.11 Å². The van der Waals surface area contributed by atoms with Crippen LogP contribution >= 0.6 is 0 Å². The van der Waals surface area contributed by atoms with Crippen molar-refractivity contribution in [2.75, 3.05) is 0 Å². The molecular weight excluding hydrogens is 64.0 g/mol. The topological polar surface area (TPSA) is 19.9 Å². The Balaban J connectivity index is 2.83. The van der Waals surface area contributed by atoms with E-state index < -0.39 is 6.10 Å². The number of rotatable bonds is 1. The minimum Gasteiger partial charge on any atom is -0.229 e. The molecule has 0 rings (SSSR count). The summed E-state index contributed by atoms with van der Waals surface area (Å²) in [5, 5.41) is 9.78. The molecule has 0 fully saturated rings. The second kappa shape index (κ2) is 1.97. The van der Waals surface area contributed by atoms with Gasteiger partial charge in [0, 0.05) is 0 Å². The van der Waals surface area contributed by atoms with Crippen molar-refractivity contribution in [1.82, 2.24) is 0 Å². The average molecular weight is 71.1 g/mol. The number of hydrogen-bond donors (Lipinski definition) is 0. The van der Waals surface area contributed by atoms with Gasteiger partial charge in [0.15, 0.2) is 0 Å². The van der Waals surface area contributed by atoms with Gasteiger partial charge in [0.05, 0.1) is 0 Å². The quantitative estimate of drug-likeness (QED) is 0.411. The monoisotopic (exact) mass is 71.0 g/mol. The maximum atomic E-state index is 9.78. The molecule has 0 aliphatic heterocycles. The summed E-state index contributed by atoms with van der Waals surface area (Å²) in [6.45, 7) is 4.80. The second-order valence-electron chi connectivity index (χ2n) is 0.941. The summed E-state index contributed by atoms with van der Waals surface area (Å²) in [6.07, 6.45) is 0.759. The van der Waals surface area contributed by atoms with Gasteiger partial charge in [-0.15, -0.1) is 6.58 Å². The first-order chi connectivity index (χ1) is 2.27. The van der Waals surface area contributed by atoms with Crippen molar-refractivity contribution in [3.63, 3.8) is 0 Å². The van der Waals surface area contributed by atoms with E-state index in [0.717, 1.165) is 0 Å². The lowest BCUT2D eigenvalue weighted by atomic mass is 10.4. The summed E-state index contributed by atoms with van der Waals surface area (Å²) in [4.78, 5) is 0. The maximum Gasteiger partial charge on any atom is 0.108 e. The van der Waals surface area contributed by atoms with Crippen LogP contribution in [0, 0.1) is 0 Å². The van der Waals surface area contributed by atoms with Gasteiger partial charge in [-0.25, -0.2) is 5.11 Å². The van der Waals surface area contributed by atoms with Crippen LogP contribution in [0.2, 0.25) is 0 Å². The molecule has 0 amide bonds. The zero-order chi connectivity index (χ0) is 4.28. The van der Waals surface area contributed by atoms with E-state index in [1.54, 1.807) is 6.92 Å². The van der Waals surface area contributed by atoms with Gasteiger partial charge in [0.2, 0.25) is 0 Å². The van der Waals surface area contributed by atoms with Crippen LogP contribution in [-0.2, 0) is 5.11 Å². The lowest BCUT2D eigenvalue weighted by Crippen LogP contribution is -1.85. The molecule has 1 nitrogen and oxygen atoms in total. The SMILES string of the molecule is C=CC(C)[O]. The molecule has 0 aromatic carbocycles. The molecule has 0 saturated carbocycles. The van der Waals surface area contributed by atoms with Crippen LogP contribution in [0.4, 0.5) is 0 Å². The van der Waals surface area contributed by atoms with Gasteiger partial charge in [-0.3, -0.25) is 0 Å². The molecule has 0 aliphatic carbocycles. The van der Waals surface area contributed by atoms with E-state index in [9.17, 15) is 5.11 Å². The first kappa shape index (κ1) is 4.70. The van der Waals surface area contributed by atoms with Crippen LogP contribution in [0.3, 0.4) is 0 Å². The molecule has 1 unspecified atom stereocenters. The van der Waals surface area contributed by atoms with Crippen LogP contribution in [0.1, 0.15) is 6.92 Å². The molecular formula is C4H7O. The Labute approximate surface area is 31.9 Å². The molecule has 0 bridgehead atoms. The minimum atomic E-state index is -0.602. The molecule has 0 N–H and O–H groups in total. The molecule has 1 radical (unpaired) electrons. The van der Waals surface area contributed by atoms with Crippen LogP contribution in [0.15, 0.2) is 12.7 Å². The van der Waals surface area contributed by atoms with Crippen LogP contribution < -0.4 is 0 Å². The third kappa shape index (κ3) is 3.70. The fourth-order valence-corrected chi connectivity index (χ4v) is 0. The summed E-state index contributed by atoms with van der Waals surface area (Å²) in [6, 6.07) is 0. The highest BCUT2D eigenvalue weighted by Gasteiger charge is 1.79. The summed E-state index contributed by atoms with van der Waals surface area (Å²) < 4.78 is 0. The predicted octanol–water partition coefficient (Wildman–Crippen LogP) is 0.991. The summed E-state index contributed by atoms with van der Waals surface area (Å²) >= 11 is 0. The Morgan fingerprint density at radius 2 is 2.20 bits per heavy atom. The third-order valence-corrected chi connectivity index (χ3v) is 0.332. The highest BCUT2D eigenvalue weighted by atomic mass is 16.3. The molecule has 0 aromatic heterocycles. The van der Waals surface area contributed by atoms with Gasteiger partial charge in [0.25, 0.3) is 0 Å². The van der Waals surface area contributed by atoms with Crippen LogP contribution in [-0.4, -0.2) is 6.10 Å². The van der Waals surface area contributed by atoms with Crippen molar-refractivity contribution in [2.45, 2.75) is 13.0 Å². The molecule has 0 saturated heterocycles. The van der Waals surface area contributed by atoms with Crippen LogP contribution in [0.25, 0.3) is 0 Å². The highest BCUT2D eigenvalue weighted by molar-refractivity contribution is 4.71. The van der Waals surface area contributed by atoms with Gasteiger partial charge in [0.1, 0.15) is 6.10 Å². The second-order valence-corrected chi connectivity index (χ2v) is 0.941. The highest BCUT2D eigenvalue weighted by Crippen LogP contribution is 1.74. The van der Waals surface area contributed by atoms with Crippen molar-refractivity contribution >= 4 is 0 Å². The molecule has 0 spiro atoms. The summed E-state index contributed by atoms with van der Waals surface area (Å²) in [5.41, 5.74) is 0. The van der Waals surface area contributed by atoms with Crippen LogP contribution in [0.5, 0.6) is 0 Å². The Kier molecular flexibility index (Phi) is 1.85. The molecule has 1 atom stereocenters. The molecule has 0 aliphatic rings. The van der Waals surface area contributed by atoms with Crippen molar-refractivity contribution in [2.24, 2.45) is 0 Å². The van der Waals surface area contributed by atoms with Gasteiger partial charge in [-0.2, -0.15) is 0 Å². The fraction of sp³-hybridized carbons (Fsp3) is 0.500. The Bertz CT molecular complexity index is 30.6. The van der Waals surface area contributed by atoms with Crippen molar-refractivity contribution in [1.29, 1.82) is 0 Å². The average Bonchev–Trinajstić information content (AvgIpc) is 1.38. The normalized spacial score (nSPS) is 14.0. The van der Waals surface area contributed by atoms with E-state index in [4.69, 9.17) is 0 Å². The van der Waals surface area contributed by atoms with Gasteiger partial charge < -0.3 is 0 Å². The van der Waals surface area contributed by atoms with Gasteiger partial charge in [-0.1, -0.05) is 6.08 Å². The largest absolute Gasteiger partial charge is 0.229 e. The van der Waals surface area contributed by atoms with Gasteiger partial charge in [-0.05, 0) is 6.92 Å². The zero-order valence-corrected chi connectivity index (χ0v) is 3.27. The number of hydrogen-bond acceptors (Lipinski definition) is 0. The van der Waals surface area contributed by atoms with Crippen molar-refractivity contribution in [3.8, 4) is 0 Å². The first-order valence-electron chi connectivity index (χ1n) is 1.55. The first-order valence-corrected chi connectivity index (χ1v) is 1.55. The predicted molar refractivity (Wildman–Crippen MR) is 20.3 cm³/mol. The molecule has 29 valence electrons. The Morgan fingerprint density at radius 3 is 2.20 bits per heavy atom. The third-order valence-electron chi connectivity index (χ3n) is 0.332. The molecule has 1 heteroatoms. The summed E-state index contributed by atoms with van der Waals surface area (Å²) in [5.74, 6) is 0. The Morgan fingerprint density at radius 1 is 2.00 bits per heavy atom. The van der Waals surface area contributed by atoms with Gasteiger partial charge >= 0.3 is 0 Å². The lowest BCUT2D eigenvalue weighted by molar-refractivity contribution is 0.147. The standard InChI is InChI=1S/C4H7O/c1-3-4(2)5/h3-4H,1H2,2H3. The zero-order valence-electron chi connectivity index (χ0n) is 3.27. The smallest absolute Gasteiger partial charge is 0.108 e. The van der Waals surface area contributed by atoms with E-state index in [2.05, 4.69) is 6.58 Å². The molecule has 0 aromatic rings. The fourth-order valence-electron chi connectivity index (χ4n) is 0. The lowest BCUT2D eigenvalue weighted by Gasteiger charge is -1.79.